The molecule has 0 aromatic carbocycles. The summed E-state index contributed by atoms with van der Waals surface area (Å²) in [6.45, 7) is 7.23. The van der Waals surface area contributed by atoms with Gasteiger partial charge in [0.05, 0.1) is 12.2 Å². The van der Waals surface area contributed by atoms with Gasteiger partial charge in [0.2, 0.25) is 0 Å². The van der Waals surface area contributed by atoms with Crippen molar-refractivity contribution in [2.24, 2.45) is 0 Å². The second-order valence-corrected chi connectivity index (χ2v) is 2.69. The van der Waals surface area contributed by atoms with Gasteiger partial charge in [0.25, 0.3) is 0 Å². The summed E-state index contributed by atoms with van der Waals surface area (Å²) >= 11 is 0. The summed E-state index contributed by atoms with van der Waals surface area (Å²) in [6.07, 6.45) is 2.87. The topological polar surface area (TPSA) is 38.1 Å². The van der Waals surface area contributed by atoms with Crippen LogP contribution in [-0.2, 0) is 6.54 Å². The van der Waals surface area contributed by atoms with Gasteiger partial charge in [0.1, 0.15) is 0 Å². The molecule has 1 aromatic heterocycles. The normalized spacial score (nSPS) is 10.1. The molecule has 0 saturated carbocycles. The van der Waals surface area contributed by atoms with Gasteiger partial charge in [-0.2, -0.15) is 0 Å². The third-order valence-electron chi connectivity index (χ3n) is 1.50. The Bertz CT molecular complexity index is 242. The maximum Gasteiger partial charge on any atom is 0.150 e. The lowest BCUT2D eigenvalue weighted by atomic mass is 10.3. The molecular formula is C9H14N2O. The molecule has 0 saturated heterocycles. The van der Waals surface area contributed by atoms with Crippen molar-refractivity contribution in [3.05, 3.63) is 30.2 Å². The van der Waals surface area contributed by atoms with Crippen LogP contribution < -0.4 is 5.32 Å². The maximum atomic E-state index is 5.01. The number of nitrogens with one attached hydrogen (secondary N) is 1. The average molecular weight is 166 g/mol. The Labute approximate surface area is 72.4 Å². The molecule has 3 heteroatoms. The zero-order chi connectivity index (χ0) is 8.81. The predicted octanol–water partition coefficient (Wildman–Crippen LogP) is 1.65. The second-order valence-electron chi connectivity index (χ2n) is 2.69. The van der Waals surface area contributed by atoms with E-state index in [0.717, 1.165) is 31.0 Å². The molecule has 0 atom stereocenters. The van der Waals surface area contributed by atoms with E-state index in [0.29, 0.717) is 0 Å². The quantitative estimate of drug-likeness (QED) is 0.534. The van der Waals surface area contributed by atoms with Gasteiger partial charge >= 0.3 is 0 Å². The van der Waals surface area contributed by atoms with Crippen LogP contribution in [-0.4, -0.2) is 11.7 Å². The summed E-state index contributed by atoms with van der Waals surface area (Å²) in [5.41, 5.74) is 0.926. The first-order valence-electron chi connectivity index (χ1n) is 4.06. The van der Waals surface area contributed by atoms with Gasteiger partial charge in [-0.1, -0.05) is 11.2 Å². The fourth-order valence-electron chi connectivity index (χ4n) is 0.915. The highest BCUT2D eigenvalue weighted by Gasteiger charge is 1.97. The molecule has 1 heterocycles. The molecule has 1 rings (SSSR count). The van der Waals surface area contributed by atoms with Crippen LogP contribution in [0.4, 0.5) is 0 Å². The summed E-state index contributed by atoms with van der Waals surface area (Å²) in [7, 11) is 0. The molecule has 66 valence electrons. The highest BCUT2D eigenvalue weighted by molar-refractivity contribution is 5.02. The lowest BCUT2D eigenvalue weighted by molar-refractivity contribution is 0.370. The van der Waals surface area contributed by atoms with Crippen LogP contribution in [0.2, 0.25) is 0 Å². The van der Waals surface area contributed by atoms with Crippen LogP contribution >= 0.6 is 0 Å². The summed E-state index contributed by atoms with van der Waals surface area (Å²) in [6, 6.07) is 1.93. The Kier molecular flexibility index (Phi) is 3.54. The first kappa shape index (κ1) is 9.00. The summed E-state index contributed by atoms with van der Waals surface area (Å²) in [4.78, 5) is 0. The van der Waals surface area contributed by atoms with E-state index in [1.165, 1.54) is 0 Å². The lowest BCUT2D eigenvalue weighted by Gasteiger charge is -1.96. The van der Waals surface area contributed by atoms with Crippen LogP contribution in [0.1, 0.15) is 17.9 Å². The SMILES string of the molecule is C=CCCNCc1cc(C)no1. The Morgan fingerprint density at radius 1 is 1.75 bits per heavy atom. The maximum absolute atomic E-state index is 5.01. The number of hydrogen-bond acceptors (Lipinski definition) is 3. The van der Waals surface area contributed by atoms with Crippen molar-refractivity contribution < 1.29 is 4.52 Å². The molecule has 1 N–H and O–H groups in total. The summed E-state index contributed by atoms with van der Waals surface area (Å²) < 4.78 is 5.01. The van der Waals surface area contributed by atoms with Gasteiger partial charge in [-0.25, -0.2) is 0 Å². The molecule has 0 bridgehead atoms. The van der Waals surface area contributed by atoms with Crippen LogP contribution in [0.15, 0.2) is 23.2 Å². The molecule has 1 aromatic rings. The Morgan fingerprint density at radius 3 is 3.17 bits per heavy atom. The van der Waals surface area contributed by atoms with Crippen molar-refractivity contribution in [1.29, 1.82) is 0 Å². The molecule has 0 amide bonds. The first-order valence-corrected chi connectivity index (χ1v) is 4.06. The van der Waals surface area contributed by atoms with Gasteiger partial charge in [0, 0.05) is 6.07 Å². The zero-order valence-corrected chi connectivity index (χ0v) is 7.34. The third-order valence-corrected chi connectivity index (χ3v) is 1.50. The molecule has 0 aliphatic heterocycles. The molecular weight excluding hydrogens is 152 g/mol. The van der Waals surface area contributed by atoms with Crippen molar-refractivity contribution >= 4 is 0 Å². The third kappa shape index (κ3) is 2.88. The lowest BCUT2D eigenvalue weighted by Crippen LogP contribution is -2.13. The zero-order valence-electron chi connectivity index (χ0n) is 7.34. The Hall–Kier alpha value is -1.09. The number of nitrogens with zero attached hydrogens (tertiary/aromatic N) is 1. The highest BCUT2D eigenvalue weighted by atomic mass is 16.5. The molecule has 0 unspecified atom stereocenters. The fourth-order valence-corrected chi connectivity index (χ4v) is 0.915. The van der Waals surface area contributed by atoms with E-state index in [9.17, 15) is 0 Å². The van der Waals surface area contributed by atoms with Crippen LogP contribution in [0, 0.1) is 6.92 Å². The van der Waals surface area contributed by atoms with Crippen LogP contribution in [0.3, 0.4) is 0 Å². The Balaban J connectivity index is 2.19. The molecule has 0 aliphatic carbocycles. The number of hydrogen-bond donors (Lipinski definition) is 1. The van der Waals surface area contributed by atoms with Crippen molar-refractivity contribution in [2.45, 2.75) is 19.9 Å². The van der Waals surface area contributed by atoms with E-state index in [-0.39, 0.29) is 0 Å². The standard InChI is InChI=1S/C9H14N2O/c1-3-4-5-10-7-9-6-8(2)11-12-9/h3,6,10H,1,4-5,7H2,2H3. The molecule has 0 radical (unpaired) electrons. The number of aromatic nitrogens is 1. The van der Waals surface area contributed by atoms with E-state index in [4.69, 9.17) is 4.52 Å². The molecule has 3 nitrogen and oxygen atoms in total. The first-order chi connectivity index (χ1) is 5.83. The summed E-state index contributed by atoms with van der Waals surface area (Å²) in [5.74, 6) is 0.886. The smallest absolute Gasteiger partial charge is 0.150 e. The van der Waals surface area contributed by atoms with Gasteiger partial charge in [-0.3, -0.25) is 0 Å². The van der Waals surface area contributed by atoms with Crippen molar-refractivity contribution in [2.75, 3.05) is 6.54 Å². The minimum absolute atomic E-state index is 0.745. The monoisotopic (exact) mass is 166 g/mol. The van der Waals surface area contributed by atoms with E-state index >= 15 is 0 Å². The van der Waals surface area contributed by atoms with Gasteiger partial charge < -0.3 is 9.84 Å². The summed E-state index contributed by atoms with van der Waals surface area (Å²) in [5, 5.41) is 6.99. The van der Waals surface area contributed by atoms with Crippen molar-refractivity contribution in [3.63, 3.8) is 0 Å². The largest absolute Gasteiger partial charge is 0.360 e. The minimum atomic E-state index is 0.745. The van der Waals surface area contributed by atoms with E-state index < -0.39 is 0 Å². The predicted molar refractivity (Wildman–Crippen MR) is 47.8 cm³/mol. The van der Waals surface area contributed by atoms with Crippen molar-refractivity contribution in [3.8, 4) is 0 Å². The van der Waals surface area contributed by atoms with Crippen LogP contribution in [0.5, 0.6) is 0 Å². The molecule has 0 aliphatic rings. The van der Waals surface area contributed by atoms with E-state index in [1.807, 2.05) is 19.1 Å². The van der Waals surface area contributed by atoms with E-state index in [2.05, 4.69) is 17.1 Å². The van der Waals surface area contributed by atoms with Gasteiger partial charge in [-0.15, -0.1) is 6.58 Å². The van der Waals surface area contributed by atoms with Gasteiger partial charge in [-0.05, 0) is 19.9 Å². The number of rotatable bonds is 5. The minimum Gasteiger partial charge on any atom is -0.360 e. The molecule has 12 heavy (non-hydrogen) atoms. The average Bonchev–Trinajstić information content (AvgIpc) is 2.45. The second kappa shape index (κ2) is 4.72. The fraction of sp³-hybridized carbons (Fsp3) is 0.444. The highest BCUT2D eigenvalue weighted by Crippen LogP contribution is 2.00. The van der Waals surface area contributed by atoms with Crippen molar-refractivity contribution in [1.82, 2.24) is 10.5 Å². The van der Waals surface area contributed by atoms with E-state index in [1.54, 1.807) is 0 Å². The van der Waals surface area contributed by atoms with Crippen LogP contribution in [0.25, 0.3) is 0 Å². The van der Waals surface area contributed by atoms with Gasteiger partial charge in [0.15, 0.2) is 5.76 Å². The molecule has 0 fully saturated rings. The number of aryl methyl sites for hydroxylation is 1. The molecule has 0 spiro atoms. The Morgan fingerprint density at radius 2 is 2.58 bits per heavy atom.